The lowest BCUT2D eigenvalue weighted by atomic mass is 9.95. The van der Waals surface area contributed by atoms with E-state index in [9.17, 15) is 4.21 Å². The minimum Gasteiger partial charge on any atom is -0.494 e. The molecule has 0 heterocycles. The van der Waals surface area contributed by atoms with Crippen LogP contribution in [0, 0.1) is 0 Å². The molecule has 3 atom stereocenters. The molecule has 1 aromatic rings. The summed E-state index contributed by atoms with van der Waals surface area (Å²) in [4.78, 5) is 4.33. The van der Waals surface area contributed by atoms with Crippen LogP contribution in [-0.4, -0.2) is 40.9 Å². The minimum atomic E-state index is -0.703. The van der Waals surface area contributed by atoms with Gasteiger partial charge in [-0.05, 0) is 43.9 Å². The van der Waals surface area contributed by atoms with Crippen molar-refractivity contribution in [3.63, 3.8) is 0 Å². The van der Waals surface area contributed by atoms with Crippen LogP contribution in [0.1, 0.15) is 45.1 Å². The van der Waals surface area contributed by atoms with Crippen molar-refractivity contribution in [2.45, 2.75) is 57.4 Å². The van der Waals surface area contributed by atoms with Gasteiger partial charge in [-0.3, -0.25) is 9.20 Å². The van der Waals surface area contributed by atoms with Gasteiger partial charge in [0.15, 0.2) is 5.96 Å². The fourth-order valence-electron chi connectivity index (χ4n) is 3.24. The monoisotopic (exact) mass is 493 g/mol. The standard InChI is InChI=1S/C19H31N3O2S.HI/c1-4-24-17-10-6-8-15(12-17)14-21-19(20-3)22-16-9-7-11-18(13-16)25(23)5-2;/h6,8,10,12,16,18H,4-5,7,9,11,13-14H2,1-3H3,(H2,20,21,22);1H. The van der Waals surface area contributed by atoms with Gasteiger partial charge in [0.2, 0.25) is 0 Å². The number of benzene rings is 1. The molecule has 2 N–H and O–H groups in total. The lowest BCUT2D eigenvalue weighted by Crippen LogP contribution is -2.46. The van der Waals surface area contributed by atoms with Gasteiger partial charge < -0.3 is 15.4 Å². The number of rotatable bonds is 7. The van der Waals surface area contributed by atoms with Gasteiger partial charge in [0, 0.05) is 41.4 Å². The third-order valence-electron chi connectivity index (χ3n) is 4.52. The maximum atomic E-state index is 12.1. The molecule has 2 rings (SSSR count). The smallest absolute Gasteiger partial charge is 0.191 e. The first kappa shape index (κ1) is 23.2. The molecule has 26 heavy (non-hydrogen) atoms. The van der Waals surface area contributed by atoms with E-state index < -0.39 is 10.8 Å². The fourth-order valence-corrected chi connectivity index (χ4v) is 4.58. The maximum absolute atomic E-state index is 12.1. The Hall–Kier alpha value is -0.830. The van der Waals surface area contributed by atoms with Gasteiger partial charge in [-0.1, -0.05) is 25.5 Å². The highest BCUT2D eigenvalue weighted by atomic mass is 127. The van der Waals surface area contributed by atoms with Crippen LogP contribution in [0.3, 0.4) is 0 Å². The number of hydrogen-bond acceptors (Lipinski definition) is 3. The summed E-state index contributed by atoms with van der Waals surface area (Å²) >= 11 is 0. The van der Waals surface area contributed by atoms with Gasteiger partial charge in [0.25, 0.3) is 0 Å². The molecule has 0 amide bonds. The number of nitrogens with zero attached hydrogens (tertiary/aromatic N) is 1. The summed E-state index contributed by atoms with van der Waals surface area (Å²) in [6, 6.07) is 8.43. The second kappa shape index (κ2) is 12.5. The Kier molecular flexibility index (Phi) is 11.2. The molecule has 0 spiro atoms. The van der Waals surface area contributed by atoms with E-state index in [4.69, 9.17) is 4.74 Å². The third-order valence-corrected chi connectivity index (χ3v) is 6.26. The molecule has 3 unspecified atom stereocenters. The Morgan fingerprint density at radius 1 is 1.35 bits per heavy atom. The molecule has 0 saturated heterocycles. The first-order chi connectivity index (χ1) is 12.2. The van der Waals surface area contributed by atoms with Gasteiger partial charge in [-0.2, -0.15) is 0 Å². The Labute approximate surface area is 177 Å². The van der Waals surface area contributed by atoms with E-state index in [1.165, 1.54) is 0 Å². The third kappa shape index (κ3) is 7.42. The zero-order chi connectivity index (χ0) is 18.1. The van der Waals surface area contributed by atoms with Gasteiger partial charge >= 0.3 is 0 Å². The van der Waals surface area contributed by atoms with Crippen molar-refractivity contribution in [1.29, 1.82) is 0 Å². The van der Waals surface area contributed by atoms with Crippen molar-refractivity contribution in [3.8, 4) is 5.75 Å². The second-order valence-electron chi connectivity index (χ2n) is 6.31. The van der Waals surface area contributed by atoms with Crippen molar-refractivity contribution in [3.05, 3.63) is 29.8 Å². The lowest BCUT2D eigenvalue weighted by Gasteiger charge is -2.30. The van der Waals surface area contributed by atoms with E-state index in [0.717, 1.165) is 48.7 Å². The molecule has 0 aromatic heterocycles. The Morgan fingerprint density at radius 3 is 2.85 bits per heavy atom. The van der Waals surface area contributed by atoms with Gasteiger partial charge in [-0.25, -0.2) is 0 Å². The molecule has 148 valence electrons. The average molecular weight is 493 g/mol. The van der Waals surface area contributed by atoms with Crippen LogP contribution in [0.25, 0.3) is 0 Å². The quantitative estimate of drug-likeness (QED) is 0.347. The lowest BCUT2D eigenvalue weighted by molar-refractivity contribution is 0.340. The van der Waals surface area contributed by atoms with E-state index in [-0.39, 0.29) is 24.0 Å². The highest BCUT2D eigenvalue weighted by Crippen LogP contribution is 2.23. The van der Waals surface area contributed by atoms with Crippen LogP contribution >= 0.6 is 24.0 Å². The van der Waals surface area contributed by atoms with Crippen LogP contribution in [0.5, 0.6) is 5.75 Å². The van der Waals surface area contributed by atoms with Gasteiger partial charge in [0.1, 0.15) is 5.75 Å². The predicted octanol–water partition coefficient (Wildman–Crippen LogP) is 3.45. The summed E-state index contributed by atoms with van der Waals surface area (Å²) < 4.78 is 17.6. The average Bonchev–Trinajstić information content (AvgIpc) is 2.65. The molecular formula is C19H32IN3O2S. The van der Waals surface area contributed by atoms with Gasteiger partial charge in [-0.15, -0.1) is 24.0 Å². The maximum Gasteiger partial charge on any atom is 0.191 e. The van der Waals surface area contributed by atoms with Crippen molar-refractivity contribution in [2.75, 3.05) is 19.4 Å². The molecule has 5 nitrogen and oxygen atoms in total. The summed E-state index contributed by atoms with van der Waals surface area (Å²) in [6.45, 7) is 5.35. The van der Waals surface area contributed by atoms with Crippen molar-refractivity contribution < 1.29 is 8.95 Å². The number of nitrogens with one attached hydrogen (secondary N) is 2. The summed E-state index contributed by atoms with van der Waals surface area (Å²) in [5.74, 6) is 2.44. The van der Waals surface area contributed by atoms with Crippen LogP contribution in [0.4, 0.5) is 0 Å². The van der Waals surface area contributed by atoms with E-state index in [1.807, 2.05) is 32.0 Å². The van der Waals surface area contributed by atoms with Crippen molar-refractivity contribution in [1.82, 2.24) is 10.6 Å². The molecule has 0 aliphatic heterocycles. The van der Waals surface area contributed by atoms with Gasteiger partial charge in [0.05, 0.1) is 6.61 Å². The topological polar surface area (TPSA) is 62.7 Å². The van der Waals surface area contributed by atoms with E-state index in [2.05, 4.69) is 21.7 Å². The zero-order valence-electron chi connectivity index (χ0n) is 16.0. The minimum absolute atomic E-state index is 0. The molecule has 7 heteroatoms. The molecule has 0 radical (unpaired) electrons. The molecule has 1 saturated carbocycles. The molecule has 1 aromatic carbocycles. The Balaban J connectivity index is 0.00000338. The SMILES string of the molecule is CCOc1cccc(CNC(=NC)NC2CCCC(S(=O)CC)C2)c1.I. The van der Waals surface area contributed by atoms with Crippen LogP contribution < -0.4 is 15.4 Å². The highest BCUT2D eigenvalue weighted by molar-refractivity contribution is 14.0. The number of guanidine groups is 1. The summed E-state index contributed by atoms with van der Waals surface area (Å²) in [5, 5.41) is 7.18. The molecule has 0 bridgehead atoms. The summed E-state index contributed by atoms with van der Waals surface area (Å²) in [6.07, 6.45) is 4.27. The van der Waals surface area contributed by atoms with Crippen LogP contribution in [0.2, 0.25) is 0 Å². The summed E-state index contributed by atoms with van der Waals surface area (Å²) in [7, 11) is 1.08. The predicted molar refractivity (Wildman–Crippen MR) is 121 cm³/mol. The molecule has 1 fully saturated rings. The largest absolute Gasteiger partial charge is 0.494 e. The Bertz CT molecular complexity index is 598. The van der Waals surface area contributed by atoms with Crippen molar-refractivity contribution in [2.24, 2.45) is 4.99 Å². The van der Waals surface area contributed by atoms with E-state index in [1.54, 1.807) is 7.05 Å². The van der Waals surface area contributed by atoms with Crippen LogP contribution in [-0.2, 0) is 17.3 Å². The first-order valence-electron chi connectivity index (χ1n) is 9.22. The molecular weight excluding hydrogens is 461 g/mol. The number of aliphatic imine (C=N–C) groups is 1. The molecule has 1 aliphatic rings. The number of ether oxygens (including phenoxy) is 1. The Morgan fingerprint density at radius 2 is 2.15 bits per heavy atom. The number of hydrogen-bond donors (Lipinski definition) is 2. The zero-order valence-corrected chi connectivity index (χ0v) is 19.1. The summed E-state index contributed by atoms with van der Waals surface area (Å²) in [5.41, 5.74) is 1.16. The van der Waals surface area contributed by atoms with Crippen molar-refractivity contribution >= 4 is 40.7 Å². The van der Waals surface area contributed by atoms with Crippen LogP contribution in [0.15, 0.2) is 29.3 Å². The fraction of sp³-hybridized carbons (Fsp3) is 0.632. The normalized spacial score (nSPS) is 21.4. The molecule has 1 aliphatic carbocycles. The van der Waals surface area contributed by atoms with E-state index >= 15 is 0 Å². The second-order valence-corrected chi connectivity index (χ2v) is 8.31. The number of halogens is 1. The first-order valence-corrected chi connectivity index (χ1v) is 10.6. The van der Waals surface area contributed by atoms with E-state index in [0.29, 0.717) is 24.4 Å². The highest BCUT2D eigenvalue weighted by Gasteiger charge is 2.25.